The highest BCUT2D eigenvalue weighted by molar-refractivity contribution is 7.89. The number of nitrogens with zero attached hydrogens (tertiary/aromatic N) is 1. The Balaban J connectivity index is 2.88. The Labute approximate surface area is 108 Å². The first-order chi connectivity index (χ1) is 8.39. The van der Waals surface area contributed by atoms with Gasteiger partial charge in [0.25, 0.3) is 0 Å². The number of sulfonamides is 1. The molecule has 4 nitrogen and oxygen atoms in total. The van der Waals surface area contributed by atoms with E-state index in [0.29, 0.717) is 18.5 Å². The lowest BCUT2D eigenvalue weighted by atomic mass is 10.2. The van der Waals surface area contributed by atoms with E-state index in [1.54, 1.807) is 6.92 Å². The number of nitrogens with one attached hydrogen (secondary N) is 1. The van der Waals surface area contributed by atoms with Crippen LogP contribution in [0.25, 0.3) is 0 Å². The molecule has 1 N–H and O–H groups in total. The van der Waals surface area contributed by atoms with Crippen molar-refractivity contribution in [3.63, 3.8) is 0 Å². The van der Waals surface area contributed by atoms with E-state index >= 15 is 0 Å². The maximum absolute atomic E-state index is 13.4. The predicted octanol–water partition coefficient (Wildman–Crippen LogP) is 1.36. The molecule has 1 aromatic carbocycles. The van der Waals surface area contributed by atoms with E-state index in [0.717, 1.165) is 12.6 Å². The van der Waals surface area contributed by atoms with Gasteiger partial charge >= 0.3 is 0 Å². The molecule has 0 fully saturated rings. The molecule has 1 rings (SSSR count). The molecule has 0 heterocycles. The zero-order chi connectivity index (χ0) is 13.8. The number of benzene rings is 1. The quantitative estimate of drug-likeness (QED) is 0.797. The van der Waals surface area contributed by atoms with Gasteiger partial charge in [0.2, 0.25) is 10.0 Å². The van der Waals surface area contributed by atoms with Crippen LogP contribution in [0.5, 0.6) is 0 Å². The van der Waals surface area contributed by atoms with Gasteiger partial charge in [-0.2, -0.15) is 0 Å². The van der Waals surface area contributed by atoms with Gasteiger partial charge in [0.05, 0.1) is 4.90 Å². The van der Waals surface area contributed by atoms with Crippen molar-refractivity contribution < 1.29 is 12.8 Å². The smallest absolute Gasteiger partial charge is 0.242 e. The van der Waals surface area contributed by atoms with Gasteiger partial charge in [0.15, 0.2) is 0 Å². The predicted molar refractivity (Wildman–Crippen MR) is 69.5 cm³/mol. The third-order valence-electron chi connectivity index (χ3n) is 2.75. The van der Waals surface area contributed by atoms with Crippen LogP contribution in [-0.4, -0.2) is 39.9 Å². The molecule has 0 aliphatic heterocycles. The lowest BCUT2D eigenvalue weighted by Gasteiger charge is -2.17. The summed E-state index contributed by atoms with van der Waals surface area (Å²) in [7, 11) is -0.281. The average Bonchev–Trinajstić information content (AvgIpc) is 2.32. The van der Waals surface area contributed by atoms with E-state index in [2.05, 4.69) is 5.32 Å². The van der Waals surface area contributed by atoms with Gasteiger partial charge in [0.1, 0.15) is 5.82 Å². The van der Waals surface area contributed by atoms with Gasteiger partial charge in [-0.15, -0.1) is 0 Å². The summed E-state index contributed by atoms with van der Waals surface area (Å²) in [5.74, 6) is -0.500. The van der Waals surface area contributed by atoms with Gasteiger partial charge < -0.3 is 5.32 Å². The molecule has 0 amide bonds. The molecule has 0 aliphatic rings. The largest absolute Gasteiger partial charge is 0.320 e. The first-order valence-electron chi connectivity index (χ1n) is 5.76. The molecule has 0 unspecified atom stereocenters. The van der Waals surface area contributed by atoms with Crippen molar-refractivity contribution in [3.05, 3.63) is 29.6 Å². The fourth-order valence-corrected chi connectivity index (χ4v) is 2.73. The van der Waals surface area contributed by atoms with Crippen molar-refractivity contribution in [1.82, 2.24) is 9.62 Å². The molecule has 0 atom stereocenters. The summed E-state index contributed by atoms with van der Waals surface area (Å²) in [4.78, 5) is -0.00226. The fourth-order valence-electron chi connectivity index (χ4n) is 1.51. The van der Waals surface area contributed by atoms with Crippen LogP contribution < -0.4 is 5.32 Å². The van der Waals surface area contributed by atoms with Crippen molar-refractivity contribution in [1.29, 1.82) is 0 Å². The first kappa shape index (κ1) is 15.1. The number of hydrogen-bond acceptors (Lipinski definition) is 3. The second-order valence-corrected chi connectivity index (χ2v) is 6.24. The molecule has 0 radical (unpaired) electrons. The maximum atomic E-state index is 13.4. The molecule has 0 spiro atoms. The first-order valence-corrected chi connectivity index (χ1v) is 7.20. The summed E-state index contributed by atoms with van der Waals surface area (Å²) in [6.07, 6.45) is 0.709. The zero-order valence-corrected chi connectivity index (χ0v) is 11.7. The Morgan fingerprint density at radius 1 is 1.39 bits per heavy atom. The van der Waals surface area contributed by atoms with Crippen molar-refractivity contribution in [2.24, 2.45) is 0 Å². The van der Waals surface area contributed by atoms with E-state index in [1.807, 2.05) is 7.05 Å². The third kappa shape index (κ3) is 3.51. The van der Waals surface area contributed by atoms with Gasteiger partial charge in [-0.05, 0) is 44.6 Å². The van der Waals surface area contributed by atoms with Crippen LogP contribution in [0.1, 0.15) is 12.0 Å². The topological polar surface area (TPSA) is 49.4 Å². The van der Waals surface area contributed by atoms with Crippen molar-refractivity contribution in [2.45, 2.75) is 18.2 Å². The fraction of sp³-hybridized carbons (Fsp3) is 0.500. The summed E-state index contributed by atoms with van der Waals surface area (Å²) >= 11 is 0. The number of halogens is 1. The van der Waals surface area contributed by atoms with E-state index in [9.17, 15) is 12.8 Å². The molecule has 1 aromatic rings. The van der Waals surface area contributed by atoms with Gasteiger partial charge in [-0.3, -0.25) is 0 Å². The van der Waals surface area contributed by atoms with Crippen LogP contribution in [0.15, 0.2) is 23.1 Å². The van der Waals surface area contributed by atoms with Crippen LogP contribution in [0.2, 0.25) is 0 Å². The Morgan fingerprint density at radius 2 is 2.06 bits per heavy atom. The monoisotopic (exact) mass is 274 g/mol. The number of aryl methyl sites for hydroxylation is 1. The van der Waals surface area contributed by atoms with Crippen molar-refractivity contribution in [3.8, 4) is 0 Å². The highest BCUT2D eigenvalue weighted by Crippen LogP contribution is 2.17. The van der Waals surface area contributed by atoms with Crippen LogP contribution >= 0.6 is 0 Å². The minimum Gasteiger partial charge on any atom is -0.320 e. The van der Waals surface area contributed by atoms with E-state index < -0.39 is 15.8 Å². The summed E-state index contributed by atoms with van der Waals surface area (Å²) in [5.41, 5.74) is 0.437. The van der Waals surface area contributed by atoms with Crippen molar-refractivity contribution in [2.75, 3.05) is 27.2 Å². The molecule has 0 aliphatic carbocycles. The molecular formula is C12H19FN2O2S. The Kier molecular flexibility index (Phi) is 5.25. The summed E-state index contributed by atoms with van der Waals surface area (Å²) in [6, 6.07) is 3.98. The van der Waals surface area contributed by atoms with E-state index in [1.165, 1.54) is 23.5 Å². The normalized spacial score (nSPS) is 12.1. The van der Waals surface area contributed by atoms with Crippen LogP contribution in [0.3, 0.4) is 0 Å². The zero-order valence-electron chi connectivity index (χ0n) is 10.9. The minimum absolute atomic E-state index is 0.00226. The van der Waals surface area contributed by atoms with Gasteiger partial charge in [-0.25, -0.2) is 17.1 Å². The maximum Gasteiger partial charge on any atom is 0.242 e. The van der Waals surface area contributed by atoms with Gasteiger partial charge in [0, 0.05) is 13.6 Å². The Morgan fingerprint density at radius 3 is 2.61 bits per heavy atom. The average molecular weight is 274 g/mol. The van der Waals surface area contributed by atoms with E-state index in [-0.39, 0.29) is 4.90 Å². The van der Waals surface area contributed by atoms with Crippen LogP contribution in [-0.2, 0) is 10.0 Å². The van der Waals surface area contributed by atoms with E-state index in [4.69, 9.17) is 0 Å². The standard InChI is InChI=1S/C12H19FN2O2S/c1-10-5-6-11(9-12(10)13)18(16,17)15(3)8-4-7-14-2/h5-6,9,14H,4,7-8H2,1-3H3. The highest BCUT2D eigenvalue weighted by Gasteiger charge is 2.21. The van der Waals surface area contributed by atoms with Crippen molar-refractivity contribution >= 4 is 10.0 Å². The Bertz CT molecular complexity index is 503. The minimum atomic E-state index is -3.59. The Hall–Kier alpha value is -0.980. The van der Waals surface area contributed by atoms with Gasteiger partial charge in [-0.1, -0.05) is 6.07 Å². The lowest BCUT2D eigenvalue weighted by Crippen LogP contribution is -2.29. The molecular weight excluding hydrogens is 255 g/mol. The van der Waals surface area contributed by atoms with Crippen LogP contribution in [0, 0.1) is 12.7 Å². The third-order valence-corrected chi connectivity index (χ3v) is 4.60. The highest BCUT2D eigenvalue weighted by atomic mass is 32.2. The number of rotatable bonds is 6. The molecule has 0 saturated carbocycles. The summed E-state index contributed by atoms with van der Waals surface area (Å²) in [6.45, 7) is 2.74. The second kappa shape index (κ2) is 6.26. The molecule has 0 aromatic heterocycles. The number of hydrogen-bond donors (Lipinski definition) is 1. The molecule has 0 bridgehead atoms. The molecule has 102 valence electrons. The molecule has 6 heteroatoms. The van der Waals surface area contributed by atoms with Crippen LogP contribution in [0.4, 0.5) is 4.39 Å². The summed E-state index contributed by atoms with van der Waals surface area (Å²) < 4.78 is 38.9. The lowest BCUT2D eigenvalue weighted by molar-refractivity contribution is 0.457. The molecule has 18 heavy (non-hydrogen) atoms. The molecule has 0 saturated heterocycles. The SMILES string of the molecule is CNCCCN(C)S(=O)(=O)c1ccc(C)c(F)c1. The second-order valence-electron chi connectivity index (χ2n) is 4.19. The summed E-state index contributed by atoms with van der Waals surface area (Å²) in [5, 5.41) is 2.95.